The van der Waals surface area contributed by atoms with Gasteiger partial charge in [-0.1, -0.05) is 18.2 Å². The summed E-state index contributed by atoms with van der Waals surface area (Å²) in [7, 11) is 0. The SMILES string of the molecule is O=C(CC1CCOC1)N1CCCN(Cc2ccccc2F)CC1. The van der Waals surface area contributed by atoms with Crippen molar-refractivity contribution < 1.29 is 13.9 Å². The standard InChI is InChI=1S/C18H25FN2O2/c19-17-5-2-1-4-16(17)13-20-7-3-8-21(10-9-20)18(22)12-15-6-11-23-14-15/h1-2,4-5,15H,3,6-14H2. The summed E-state index contributed by atoms with van der Waals surface area (Å²) < 4.78 is 19.1. The van der Waals surface area contributed by atoms with E-state index in [4.69, 9.17) is 4.74 Å². The predicted octanol–water partition coefficient (Wildman–Crippen LogP) is 2.29. The van der Waals surface area contributed by atoms with E-state index in [9.17, 15) is 9.18 Å². The monoisotopic (exact) mass is 320 g/mol. The summed E-state index contributed by atoms with van der Waals surface area (Å²) in [5.74, 6) is 0.486. The van der Waals surface area contributed by atoms with Gasteiger partial charge in [0.1, 0.15) is 5.82 Å². The van der Waals surface area contributed by atoms with Gasteiger partial charge in [-0.05, 0) is 24.8 Å². The molecule has 0 bridgehead atoms. The third kappa shape index (κ3) is 4.52. The Bertz CT molecular complexity index is 532. The van der Waals surface area contributed by atoms with Crippen molar-refractivity contribution in [2.24, 2.45) is 5.92 Å². The predicted molar refractivity (Wildman–Crippen MR) is 86.4 cm³/mol. The molecule has 1 aromatic rings. The zero-order valence-corrected chi connectivity index (χ0v) is 13.5. The molecule has 2 saturated heterocycles. The third-order valence-electron chi connectivity index (χ3n) is 4.78. The maximum absolute atomic E-state index is 13.8. The number of carbonyl (C=O) groups excluding carboxylic acids is 1. The fourth-order valence-corrected chi connectivity index (χ4v) is 3.37. The summed E-state index contributed by atoms with van der Waals surface area (Å²) in [5, 5.41) is 0. The molecule has 4 nitrogen and oxygen atoms in total. The number of nitrogens with zero attached hydrogens (tertiary/aromatic N) is 2. The summed E-state index contributed by atoms with van der Waals surface area (Å²) in [4.78, 5) is 16.6. The van der Waals surface area contributed by atoms with Crippen molar-refractivity contribution in [2.75, 3.05) is 39.4 Å². The molecule has 0 aromatic heterocycles. The Labute approximate surface area is 137 Å². The molecule has 23 heavy (non-hydrogen) atoms. The molecular formula is C18H25FN2O2. The Morgan fingerprint density at radius 2 is 2.09 bits per heavy atom. The second-order valence-electron chi connectivity index (χ2n) is 6.54. The normalized spacial score (nSPS) is 23.0. The van der Waals surface area contributed by atoms with Gasteiger partial charge >= 0.3 is 0 Å². The highest BCUT2D eigenvalue weighted by Crippen LogP contribution is 2.18. The lowest BCUT2D eigenvalue weighted by molar-refractivity contribution is -0.132. The summed E-state index contributed by atoms with van der Waals surface area (Å²) in [6, 6.07) is 6.93. The van der Waals surface area contributed by atoms with Crippen molar-refractivity contribution in [2.45, 2.75) is 25.8 Å². The number of carbonyl (C=O) groups is 1. The van der Waals surface area contributed by atoms with Gasteiger partial charge in [0.05, 0.1) is 0 Å². The molecule has 2 aliphatic heterocycles. The van der Waals surface area contributed by atoms with Crippen LogP contribution in [0.15, 0.2) is 24.3 Å². The molecule has 1 aromatic carbocycles. The molecule has 5 heteroatoms. The van der Waals surface area contributed by atoms with Crippen molar-refractivity contribution in [1.82, 2.24) is 9.80 Å². The van der Waals surface area contributed by atoms with Gasteiger partial charge in [-0.25, -0.2) is 4.39 Å². The number of ether oxygens (including phenoxy) is 1. The molecule has 0 spiro atoms. The maximum Gasteiger partial charge on any atom is 0.222 e. The first-order valence-corrected chi connectivity index (χ1v) is 8.53. The first-order valence-electron chi connectivity index (χ1n) is 8.53. The second-order valence-corrected chi connectivity index (χ2v) is 6.54. The average Bonchev–Trinajstić information content (AvgIpc) is 2.94. The minimum atomic E-state index is -0.147. The Kier molecular flexibility index (Phi) is 5.62. The molecule has 0 radical (unpaired) electrons. The number of benzene rings is 1. The van der Waals surface area contributed by atoms with Crippen molar-refractivity contribution in [3.05, 3.63) is 35.6 Å². The number of hydrogen-bond donors (Lipinski definition) is 0. The van der Waals surface area contributed by atoms with Gasteiger partial charge < -0.3 is 9.64 Å². The minimum absolute atomic E-state index is 0.147. The first-order chi connectivity index (χ1) is 11.2. The zero-order valence-electron chi connectivity index (χ0n) is 13.5. The molecule has 2 heterocycles. The van der Waals surface area contributed by atoms with E-state index in [1.54, 1.807) is 6.07 Å². The molecule has 1 amide bonds. The second kappa shape index (κ2) is 7.88. The fraction of sp³-hybridized carbons (Fsp3) is 0.611. The number of halogens is 1. The van der Waals surface area contributed by atoms with Crippen LogP contribution in [0.25, 0.3) is 0 Å². The molecule has 1 atom stereocenters. The average molecular weight is 320 g/mol. The van der Waals surface area contributed by atoms with Crippen LogP contribution >= 0.6 is 0 Å². The van der Waals surface area contributed by atoms with E-state index in [1.165, 1.54) is 6.07 Å². The van der Waals surface area contributed by atoms with Crippen molar-refractivity contribution in [1.29, 1.82) is 0 Å². The van der Waals surface area contributed by atoms with Gasteiger partial charge in [0.15, 0.2) is 0 Å². The molecule has 2 fully saturated rings. The zero-order chi connectivity index (χ0) is 16.1. The van der Waals surface area contributed by atoms with Crippen LogP contribution in [0, 0.1) is 11.7 Å². The Hall–Kier alpha value is -1.46. The largest absolute Gasteiger partial charge is 0.381 e. The van der Waals surface area contributed by atoms with Crippen LogP contribution in [0.3, 0.4) is 0 Å². The maximum atomic E-state index is 13.8. The van der Waals surface area contributed by atoms with Crippen molar-refractivity contribution >= 4 is 5.91 Å². The van der Waals surface area contributed by atoms with Crippen molar-refractivity contribution in [3.63, 3.8) is 0 Å². The topological polar surface area (TPSA) is 32.8 Å². The summed E-state index contributed by atoms with van der Waals surface area (Å²) >= 11 is 0. The molecule has 0 N–H and O–H groups in total. The summed E-state index contributed by atoms with van der Waals surface area (Å²) in [6.07, 6.45) is 2.55. The van der Waals surface area contributed by atoms with Gasteiger partial charge in [0, 0.05) is 57.9 Å². The molecule has 126 valence electrons. The van der Waals surface area contributed by atoms with Gasteiger partial charge in [0.25, 0.3) is 0 Å². The highest BCUT2D eigenvalue weighted by Gasteiger charge is 2.24. The van der Waals surface area contributed by atoms with Crippen LogP contribution in [-0.2, 0) is 16.1 Å². The smallest absolute Gasteiger partial charge is 0.222 e. The lowest BCUT2D eigenvalue weighted by Crippen LogP contribution is -2.36. The van der Waals surface area contributed by atoms with E-state index in [2.05, 4.69) is 4.90 Å². The summed E-state index contributed by atoms with van der Waals surface area (Å²) in [6.45, 7) is 5.38. The van der Waals surface area contributed by atoms with E-state index in [0.29, 0.717) is 18.9 Å². The summed E-state index contributed by atoms with van der Waals surface area (Å²) in [5.41, 5.74) is 0.732. The van der Waals surface area contributed by atoms with Gasteiger partial charge in [-0.3, -0.25) is 9.69 Å². The van der Waals surface area contributed by atoms with Crippen LogP contribution in [0.4, 0.5) is 4.39 Å². The van der Waals surface area contributed by atoms with Crippen LogP contribution in [0.5, 0.6) is 0 Å². The highest BCUT2D eigenvalue weighted by atomic mass is 19.1. The van der Waals surface area contributed by atoms with Crippen LogP contribution in [0.1, 0.15) is 24.8 Å². The van der Waals surface area contributed by atoms with Gasteiger partial charge in [0.2, 0.25) is 5.91 Å². The van der Waals surface area contributed by atoms with E-state index < -0.39 is 0 Å². The quantitative estimate of drug-likeness (QED) is 0.853. The molecular weight excluding hydrogens is 295 g/mol. The number of rotatable bonds is 4. The fourth-order valence-electron chi connectivity index (χ4n) is 3.37. The van der Waals surface area contributed by atoms with E-state index in [0.717, 1.165) is 57.8 Å². The number of amides is 1. The lowest BCUT2D eigenvalue weighted by atomic mass is 10.0. The molecule has 0 saturated carbocycles. The molecule has 2 aliphatic rings. The molecule has 0 aliphatic carbocycles. The van der Waals surface area contributed by atoms with Crippen LogP contribution in [-0.4, -0.2) is 55.1 Å². The van der Waals surface area contributed by atoms with E-state index >= 15 is 0 Å². The third-order valence-corrected chi connectivity index (χ3v) is 4.78. The van der Waals surface area contributed by atoms with Gasteiger partial charge in [-0.15, -0.1) is 0 Å². The van der Waals surface area contributed by atoms with Crippen LogP contribution in [0.2, 0.25) is 0 Å². The lowest BCUT2D eigenvalue weighted by Gasteiger charge is -2.23. The molecule has 1 unspecified atom stereocenters. The Morgan fingerprint density at radius 1 is 1.22 bits per heavy atom. The minimum Gasteiger partial charge on any atom is -0.381 e. The first kappa shape index (κ1) is 16.4. The van der Waals surface area contributed by atoms with E-state index in [-0.39, 0.29) is 11.7 Å². The van der Waals surface area contributed by atoms with Crippen molar-refractivity contribution in [3.8, 4) is 0 Å². The Morgan fingerprint density at radius 3 is 2.87 bits per heavy atom. The van der Waals surface area contributed by atoms with Gasteiger partial charge in [-0.2, -0.15) is 0 Å². The van der Waals surface area contributed by atoms with E-state index in [1.807, 2.05) is 17.0 Å². The Balaban J connectivity index is 1.50. The highest BCUT2D eigenvalue weighted by molar-refractivity contribution is 5.76. The van der Waals surface area contributed by atoms with Crippen LogP contribution < -0.4 is 0 Å². The number of hydrogen-bond acceptors (Lipinski definition) is 3. The molecule has 3 rings (SSSR count).